The third-order valence-electron chi connectivity index (χ3n) is 4.26. The molecule has 0 atom stereocenters. The van der Waals surface area contributed by atoms with Crippen LogP contribution in [0.4, 0.5) is 0 Å². The van der Waals surface area contributed by atoms with E-state index >= 15 is 0 Å². The maximum atomic E-state index is 12.7. The summed E-state index contributed by atoms with van der Waals surface area (Å²) in [6.45, 7) is 6.04. The van der Waals surface area contributed by atoms with E-state index in [1.54, 1.807) is 0 Å². The predicted octanol–water partition coefficient (Wildman–Crippen LogP) is 2.14. The highest BCUT2D eigenvalue weighted by atomic mass is 32.1. The van der Waals surface area contributed by atoms with Gasteiger partial charge in [0.2, 0.25) is 0 Å². The van der Waals surface area contributed by atoms with Crippen LogP contribution in [0.2, 0.25) is 0 Å². The Kier molecular flexibility index (Phi) is 3.75. The average Bonchev–Trinajstić information content (AvgIpc) is 2.85. The molecule has 0 unspecified atom stereocenters. The van der Waals surface area contributed by atoms with E-state index in [2.05, 4.69) is 30.8 Å². The van der Waals surface area contributed by atoms with Gasteiger partial charge < -0.3 is 4.90 Å². The third kappa shape index (κ3) is 2.58. The van der Waals surface area contributed by atoms with E-state index in [4.69, 9.17) is 0 Å². The summed E-state index contributed by atoms with van der Waals surface area (Å²) >= 11 is 1.51. The highest BCUT2D eigenvalue weighted by molar-refractivity contribution is 7.18. The molecule has 3 heterocycles. The number of thiophene rings is 1. The molecule has 1 aliphatic rings. The molecule has 0 aromatic carbocycles. The van der Waals surface area contributed by atoms with Gasteiger partial charge in [-0.1, -0.05) is 13.8 Å². The molecule has 0 spiro atoms. The lowest BCUT2D eigenvalue weighted by Crippen LogP contribution is -2.42. The average molecular weight is 307 g/mol. The molecule has 1 N–H and O–H groups in total. The van der Waals surface area contributed by atoms with Crippen LogP contribution in [0, 0.1) is 0 Å². The van der Waals surface area contributed by atoms with Gasteiger partial charge in [-0.15, -0.1) is 11.3 Å². The van der Waals surface area contributed by atoms with Crippen molar-refractivity contribution >= 4 is 21.6 Å². The van der Waals surface area contributed by atoms with Crippen LogP contribution in [0.5, 0.6) is 0 Å². The Balaban J connectivity index is 2.11. The number of likely N-dealkylation sites (tertiary alicyclic amines) is 1. The summed E-state index contributed by atoms with van der Waals surface area (Å²) in [6.07, 6.45) is 1.71. The lowest BCUT2D eigenvalue weighted by atomic mass is 10.1. The van der Waals surface area contributed by atoms with Crippen molar-refractivity contribution in [2.24, 2.45) is 0 Å². The highest BCUT2D eigenvalue weighted by Crippen LogP contribution is 2.27. The molecule has 1 fully saturated rings. The van der Waals surface area contributed by atoms with Gasteiger partial charge in [-0.3, -0.25) is 14.3 Å². The van der Waals surface area contributed by atoms with Gasteiger partial charge in [0.05, 0.1) is 5.39 Å². The highest BCUT2D eigenvalue weighted by Gasteiger charge is 2.23. The van der Waals surface area contributed by atoms with Gasteiger partial charge in [0.15, 0.2) is 0 Å². The molecule has 2 aromatic heterocycles. The molecule has 1 saturated heterocycles. The molecular weight excluding hydrogens is 286 g/mol. The van der Waals surface area contributed by atoms with Gasteiger partial charge in [0.25, 0.3) is 5.56 Å². The van der Waals surface area contributed by atoms with Gasteiger partial charge in [0, 0.05) is 10.9 Å². The number of hydrogen-bond acceptors (Lipinski definition) is 4. The van der Waals surface area contributed by atoms with Crippen molar-refractivity contribution in [2.45, 2.75) is 38.6 Å². The minimum atomic E-state index is -0.265. The molecule has 5 nitrogen and oxygen atoms in total. The summed E-state index contributed by atoms with van der Waals surface area (Å²) in [4.78, 5) is 32.0. The maximum Gasteiger partial charge on any atom is 0.329 e. The first-order chi connectivity index (χ1) is 9.97. The van der Waals surface area contributed by atoms with Gasteiger partial charge in [0.1, 0.15) is 4.83 Å². The molecule has 21 heavy (non-hydrogen) atoms. The summed E-state index contributed by atoms with van der Waals surface area (Å²) in [5.41, 5.74) is -0.398. The van der Waals surface area contributed by atoms with Gasteiger partial charge in [-0.25, -0.2) is 4.79 Å². The molecule has 0 amide bonds. The van der Waals surface area contributed by atoms with Crippen molar-refractivity contribution < 1.29 is 0 Å². The lowest BCUT2D eigenvalue weighted by Gasteiger charge is -2.29. The van der Waals surface area contributed by atoms with Crippen LogP contribution in [0.1, 0.15) is 43.5 Å². The second kappa shape index (κ2) is 5.42. The van der Waals surface area contributed by atoms with Crippen molar-refractivity contribution in [1.82, 2.24) is 14.5 Å². The summed E-state index contributed by atoms with van der Waals surface area (Å²) in [5.74, 6) is 0.363. The largest absolute Gasteiger partial charge is 0.329 e. The first kappa shape index (κ1) is 14.5. The van der Waals surface area contributed by atoms with Gasteiger partial charge >= 0.3 is 5.69 Å². The van der Waals surface area contributed by atoms with Crippen LogP contribution in [0.15, 0.2) is 15.7 Å². The zero-order valence-corrected chi connectivity index (χ0v) is 13.5. The monoisotopic (exact) mass is 307 g/mol. The summed E-state index contributed by atoms with van der Waals surface area (Å²) in [7, 11) is 2.07. The summed E-state index contributed by atoms with van der Waals surface area (Å²) < 4.78 is 1.44. The Morgan fingerprint density at radius 2 is 1.95 bits per heavy atom. The Hall–Kier alpha value is -1.40. The fourth-order valence-corrected chi connectivity index (χ4v) is 3.95. The molecule has 3 rings (SSSR count). The molecule has 114 valence electrons. The minimum Gasteiger partial charge on any atom is -0.306 e. The normalized spacial score (nSPS) is 17.9. The second-order valence-electron chi connectivity index (χ2n) is 6.19. The van der Waals surface area contributed by atoms with E-state index in [0.29, 0.717) is 16.1 Å². The fourth-order valence-electron chi connectivity index (χ4n) is 2.91. The standard InChI is InChI=1S/C15H21N3O2S/c1-9(2)12-8-11-13(21-12)16-15(20)18(14(11)19)10-4-6-17(3)7-5-10/h8-10H,4-7H2,1-3H3,(H,16,20). The fraction of sp³-hybridized carbons (Fsp3) is 0.600. The molecule has 0 radical (unpaired) electrons. The van der Waals surface area contributed by atoms with E-state index in [1.807, 2.05) is 6.07 Å². The number of aromatic nitrogens is 2. The van der Waals surface area contributed by atoms with E-state index < -0.39 is 0 Å². The van der Waals surface area contributed by atoms with Crippen LogP contribution in [-0.2, 0) is 0 Å². The van der Waals surface area contributed by atoms with Crippen molar-refractivity contribution in [3.8, 4) is 0 Å². The predicted molar refractivity (Wildman–Crippen MR) is 86.6 cm³/mol. The van der Waals surface area contributed by atoms with E-state index in [9.17, 15) is 9.59 Å². The van der Waals surface area contributed by atoms with Crippen LogP contribution in [0.25, 0.3) is 10.2 Å². The zero-order chi connectivity index (χ0) is 15.1. The second-order valence-corrected chi connectivity index (χ2v) is 7.27. The number of fused-ring (bicyclic) bond motifs is 1. The number of nitrogens with one attached hydrogen (secondary N) is 1. The molecular formula is C15H21N3O2S. The van der Waals surface area contributed by atoms with Crippen LogP contribution in [0.3, 0.4) is 0 Å². The van der Waals surface area contributed by atoms with Crippen LogP contribution in [-0.4, -0.2) is 34.6 Å². The molecule has 0 saturated carbocycles. The van der Waals surface area contributed by atoms with Crippen molar-refractivity contribution in [1.29, 1.82) is 0 Å². The molecule has 2 aromatic rings. The Bertz CT molecular complexity index is 763. The molecule has 6 heteroatoms. The Morgan fingerprint density at radius 3 is 2.57 bits per heavy atom. The number of aromatic amines is 1. The summed E-state index contributed by atoms with van der Waals surface area (Å²) in [6, 6.07) is 1.96. The van der Waals surface area contributed by atoms with Crippen LogP contribution < -0.4 is 11.2 Å². The lowest BCUT2D eigenvalue weighted by molar-refractivity contribution is 0.216. The number of H-pyrrole nitrogens is 1. The van der Waals surface area contributed by atoms with Crippen LogP contribution >= 0.6 is 11.3 Å². The summed E-state index contributed by atoms with van der Waals surface area (Å²) in [5, 5.41) is 0.655. The molecule has 0 aliphatic carbocycles. The quantitative estimate of drug-likeness (QED) is 0.925. The van der Waals surface area contributed by atoms with Crippen molar-refractivity contribution in [3.05, 3.63) is 31.8 Å². The van der Waals surface area contributed by atoms with Gasteiger partial charge in [-0.2, -0.15) is 0 Å². The first-order valence-corrected chi connectivity index (χ1v) is 8.26. The topological polar surface area (TPSA) is 58.1 Å². The Labute approximate surface area is 127 Å². The minimum absolute atomic E-state index is 0.0178. The van der Waals surface area contributed by atoms with E-state index in [-0.39, 0.29) is 17.3 Å². The Morgan fingerprint density at radius 1 is 1.29 bits per heavy atom. The van der Waals surface area contributed by atoms with Gasteiger partial charge in [-0.05, 0) is 45.0 Å². The third-order valence-corrected chi connectivity index (χ3v) is 5.61. The SMILES string of the molecule is CC(C)c1cc2c(=O)n(C3CCN(C)CC3)c(=O)[nH]c2s1. The van der Waals surface area contributed by atoms with E-state index in [0.717, 1.165) is 30.8 Å². The number of rotatable bonds is 2. The first-order valence-electron chi connectivity index (χ1n) is 7.44. The smallest absolute Gasteiger partial charge is 0.306 e. The number of piperidine rings is 1. The van der Waals surface area contributed by atoms with Crippen molar-refractivity contribution in [2.75, 3.05) is 20.1 Å². The number of nitrogens with zero attached hydrogens (tertiary/aromatic N) is 2. The molecule has 0 bridgehead atoms. The maximum absolute atomic E-state index is 12.7. The van der Waals surface area contributed by atoms with Crippen molar-refractivity contribution in [3.63, 3.8) is 0 Å². The van der Waals surface area contributed by atoms with E-state index in [1.165, 1.54) is 15.9 Å². The molecule has 1 aliphatic heterocycles. The number of hydrogen-bond donors (Lipinski definition) is 1. The zero-order valence-electron chi connectivity index (χ0n) is 12.7.